The van der Waals surface area contributed by atoms with Gasteiger partial charge in [0.15, 0.2) is 0 Å². The predicted octanol–water partition coefficient (Wildman–Crippen LogP) is -0.530. The zero-order valence-corrected chi connectivity index (χ0v) is 8.50. The highest BCUT2D eigenvalue weighted by atomic mass is 31.2. The molecule has 8 nitrogen and oxygen atoms in total. The van der Waals surface area contributed by atoms with E-state index in [1.807, 2.05) is 0 Å². The van der Waals surface area contributed by atoms with Gasteiger partial charge in [-0.25, -0.2) is 0 Å². The molecule has 1 rings (SSSR count). The molecule has 0 unspecified atom stereocenters. The number of hydrogen-bond donors (Lipinski definition) is 4. The Morgan fingerprint density at radius 2 is 2.20 bits per heavy atom. The second kappa shape index (κ2) is 7.13. The van der Waals surface area contributed by atoms with Crippen LogP contribution in [0.4, 0.5) is 0 Å². The topological polar surface area (TPSA) is 133 Å². The summed E-state index contributed by atoms with van der Waals surface area (Å²) in [5.74, 6) is -1.14. The normalized spacial score (nSPS) is 10.3. The summed E-state index contributed by atoms with van der Waals surface area (Å²) >= 11 is 0. The first-order valence-electron chi connectivity index (χ1n) is 3.73. The summed E-state index contributed by atoms with van der Waals surface area (Å²) in [6.45, 7) is -0.439. The number of aromatic nitrogens is 1. The van der Waals surface area contributed by atoms with Gasteiger partial charge in [-0.3, -0.25) is 14.7 Å². The molecule has 15 heavy (non-hydrogen) atoms. The number of aliphatic carboxylic acids is 1. The number of rotatable bonds is 4. The second-order valence-corrected chi connectivity index (χ2v) is 3.98. The Labute approximate surface area is 85.1 Å². The van der Waals surface area contributed by atoms with Crippen molar-refractivity contribution in [2.45, 2.75) is 0 Å². The standard InChI is InChI=1S/C3H8NO5P.C3H3NO/c5-3(6)1-4-2-10(7,8)9;1-2-4-5-3-1/h4H,1-2H2,(H,5,6)(H2,7,8,9);1-3H. The molecule has 86 valence electrons. The summed E-state index contributed by atoms with van der Waals surface area (Å²) in [7, 11) is -4.10. The van der Waals surface area contributed by atoms with Gasteiger partial charge in [0, 0.05) is 0 Å². The maximum absolute atomic E-state index is 10.1. The van der Waals surface area contributed by atoms with Crippen molar-refractivity contribution < 1.29 is 28.8 Å². The fourth-order valence-corrected chi connectivity index (χ4v) is 0.887. The molecule has 0 fully saturated rings. The van der Waals surface area contributed by atoms with E-state index in [-0.39, 0.29) is 0 Å². The van der Waals surface area contributed by atoms with Crippen molar-refractivity contribution in [3.63, 3.8) is 0 Å². The van der Waals surface area contributed by atoms with Crippen LogP contribution in [0.5, 0.6) is 0 Å². The smallest absolute Gasteiger partial charge is 0.339 e. The molecule has 9 heteroatoms. The second-order valence-electron chi connectivity index (χ2n) is 2.33. The van der Waals surface area contributed by atoms with E-state index in [9.17, 15) is 9.36 Å². The van der Waals surface area contributed by atoms with Crippen LogP contribution < -0.4 is 5.32 Å². The van der Waals surface area contributed by atoms with Crippen LogP contribution in [0.3, 0.4) is 0 Å². The van der Waals surface area contributed by atoms with Gasteiger partial charge in [-0.05, 0) is 6.07 Å². The molecule has 1 aromatic heterocycles. The third kappa shape index (κ3) is 12.8. The van der Waals surface area contributed by atoms with Crippen LogP contribution in [-0.4, -0.2) is 38.8 Å². The van der Waals surface area contributed by atoms with Gasteiger partial charge in [-0.2, -0.15) is 0 Å². The Balaban J connectivity index is 0.000000322. The van der Waals surface area contributed by atoms with Gasteiger partial charge in [0.1, 0.15) is 6.26 Å². The minimum atomic E-state index is -4.10. The minimum Gasteiger partial charge on any atom is -0.480 e. The summed E-state index contributed by atoms with van der Waals surface area (Å²) in [5, 5.41) is 13.4. The summed E-state index contributed by atoms with van der Waals surface area (Å²) in [6.07, 6.45) is 2.50. The van der Waals surface area contributed by atoms with Crippen LogP contribution in [0.2, 0.25) is 0 Å². The van der Waals surface area contributed by atoms with E-state index in [1.54, 1.807) is 12.3 Å². The maximum atomic E-state index is 10.1. The summed E-state index contributed by atoms with van der Waals surface area (Å²) < 4.78 is 14.4. The minimum absolute atomic E-state index is 0.439. The lowest BCUT2D eigenvalue weighted by molar-refractivity contribution is -0.135. The zero-order valence-electron chi connectivity index (χ0n) is 7.61. The zero-order chi connectivity index (χ0) is 11.7. The average molecular weight is 238 g/mol. The third-order valence-electron chi connectivity index (χ3n) is 0.941. The first-order chi connectivity index (χ1) is 6.92. The van der Waals surface area contributed by atoms with Crippen molar-refractivity contribution in [3.05, 3.63) is 18.5 Å². The van der Waals surface area contributed by atoms with E-state index in [1.165, 1.54) is 6.26 Å². The van der Waals surface area contributed by atoms with E-state index in [0.717, 1.165) is 0 Å². The van der Waals surface area contributed by atoms with Crippen LogP contribution in [0.1, 0.15) is 0 Å². The predicted molar refractivity (Wildman–Crippen MR) is 49.1 cm³/mol. The molecule has 0 saturated heterocycles. The van der Waals surface area contributed by atoms with Crippen molar-refractivity contribution in [3.8, 4) is 0 Å². The van der Waals surface area contributed by atoms with E-state index < -0.39 is 26.4 Å². The van der Waals surface area contributed by atoms with Gasteiger partial charge in [-0.1, -0.05) is 5.16 Å². The molecule has 0 aliphatic heterocycles. The molecule has 0 atom stereocenters. The van der Waals surface area contributed by atoms with Gasteiger partial charge in [0.25, 0.3) is 0 Å². The first-order valence-corrected chi connectivity index (χ1v) is 5.53. The molecule has 0 aliphatic rings. The molecule has 4 N–H and O–H groups in total. The van der Waals surface area contributed by atoms with Crippen LogP contribution in [0.15, 0.2) is 23.0 Å². The van der Waals surface area contributed by atoms with E-state index in [0.29, 0.717) is 0 Å². The van der Waals surface area contributed by atoms with Crippen LogP contribution >= 0.6 is 7.60 Å². The quantitative estimate of drug-likeness (QED) is 0.514. The molecule has 0 amide bonds. The fourth-order valence-electron chi connectivity index (χ4n) is 0.484. The van der Waals surface area contributed by atoms with Gasteiger partial charge < -0.3 is 19.4 Å². The van der Waals surface area contributed by atoms with Gasteiger partial charge in [0.2, 0.25) is 0 Å². The molecular weight excluding hydrogens is 227 g/mol. The molecular formula is C6H11N2O6P. The summed E-state index contributed by atoms with van der Waals surface area (Å²) in [5.41, 5.74) is 0. The number of carbonyl (C=O) groups is 1. The number of nitrogens with one attached hydrogen (secondary N) is 1. The lowest BCUT2D eigenvalue weighted by Crippen LogP contribution is -2.23. The molecule has 0 spiro atoms. The Bertz CT molecular complexity index is 290. The lowest BCUT2D eigenvalue weighted by atomic mass is 10.7. The van der Waals surface area contributed by atoms with Crippen molar-refractivity contribution in [1.29, 1.82) is 0 Å². The monoisotopic (exact) mass is 238 g/mol. The average Bonchev–Trinajstić information content (AvgIpc) is 2.56. The van der Waals surface area contributed by atoms with Crippen LogP contribution in [0, 0.1) is 0 Å². The summed E-state index contributed by atoms with van der Waals surface area (Å²) in [6, 6.07) is 1.72. The van der Waals surface area contributed by atoms with E-state index in [4.69, 9.17) is 14.9 Å². The largest absolute Gasteiger partial charge is 0.480 e. The molecule has 0 aromatic carbocycles. The number of nitrogens with zero attached hydrogens (tertiary/aromatic N) is 1. The Morgan fingerprint density at radius 1 is 1.53 bits per heavy atom. The molecule has 0 saturated carbocycles. The number of carboxylic acid groups (broad SMARTS) is 1. The van der Waals surface area contributed by atoms with Gasteiger partial charge >= 0.3 is 13.6 Å². The first kappa shape index (κ1) is 13.8. The van der Waals surface area contributed by atoms with Crippen molar-refractivity contribution in [1.82, 2.24) is 10.5 Å². The Morgan fingerprint density at radius 3 is 2.47 bits per heavy atom. The Kier molecular flexibility index (Phi) is 6.56. The summed E-state index contributed by atoms with van der Waals surface area (Å²) in [4.78, 5) is 26.1. The van der Waals surface area contributed by atoms with Crippen molar-refractivity contribution >= 4 is 13.6 Å². The fraction of sp³-hybridized carbons (Fsp3) is 0.333. The highest BCUT2D eigenvalue weighted by Crippen LogP contribution is 2.31. The third-order valence-corrected chi connectivity index (χ3v) is 1.58. The molecule has 1 heterocycles. The van der Waals surface area contributed by atoms with Crippen molar-refractivity contribution in [2.75, 3.05) is 12.8 Å². The van der Waals surface area contributed by atoms with Gasteiger partial charge in [0.05, 0.1) is 19.0 Å². The SMILES string of the molecule is O=C(O)CNCP(=O)(O)O.c1cnoc1. The lowest BCUT2D eigenvalue weighted by Gasteiger charge is -2.02. The highest BCUT2D eigenvalue weighted by molar-refractivity contribution is 7.51. The number of carboxylic acids is 1. The van der Waals surface area contributed by atoms with E-state index >= 15 is 0 Å². The van der Waals surface area contributed by atoms with E-state index in [2.05, 4.69) is 15.0 Å². The Hall–Kier alpha value is -1.21. The van der Waals surface area contributed by atoms with Crippen molar-refractivity contribution in [2.24, 2.45) is 0 Å². The number of hydrogen-bond acceptors (Lipinski definition) is 5. The molecule has 0 radical (unpaired) electrons. The molecule has 1 aromatic rings. The maximum Gasteiger partial charge on any atom is 0.339 e. The van der Waals surface area contributed by atoms with Gasteiger partial charge in [-0.15, -0.1) is 0 Å². The van der Waals surface area contributed by atoms with Crippen LogP contribution in [-0.2, 0) is 9.36 Å². The molecule has 0 bridgehead atoms. The molecule has 0 aliphatic carbocycles. The highest BCUT2D eigenvalue weighted by Gasteiger charge is 2.11. The van der Waals surface area contributed by atoms with Crippen LogP contribution in [0.25, 0.3) is 0 Å².